The fourth-order valence-electron chi connectivity index (χ4n) is 1.52. The molecule has 1 aliphatic carbocycles. The van der Waals surface area contributed by atoms with Crippen molar-refractivity contribution < 1.29 is 9.53 Å². The fraction of sp³-hybridized carbons (Fsp3) is 0.909. The topological polar surface area (TPSA) is 41.6 Å². The number of nitrogens with zero attached hydrogens (tertiary/aromatic N) is 1. The van der Waals surface area contributed by atoms with E-state index in [-0.39, 0.29) is 11.4 Å². The first-order valence-electron chi connectivity index (χ1n) is 5.46. The number of carbonyl (C=O) groups is 1. The van der Waals surface area contributed by atoms with Crippen molar-refractivity contribution in [2.75, 3.05) is 27.3 Å². The van der Waals surface area contributed by atoms with Gasteiger partial charge >= 0.3 is 0 Å². The Labute approximate surface area is 92.0 Å². The van der Waals surface area contributed by atoms with Crippen LogP contribution in [-0.4, -0.2) is 49.7 Å². The van der Waals surface area contributed by atoms with Gasteiger partial charge in [-0.1, -0.05) is 0 Å². The van der Waals surface area contributed by atoms with Crippen molar-refractivity contribution in [2.24, 2.45) is 0 Å². The molecule has 1 aliphatic rings. The molecule has 1 N–H and O–H groups in total. The summed E-state index contributed by atoms with van der Waals surface area (Å²) in [5.74, 6) is 0.168. The number of ether oxygens (including phenoxy) is 1. The van der Waals surface area contributed by atoms with Gasteiger partial charge in [-0.05, 0) is 26.7 Å². The van der Waals surface area contributed by atoms with Gasteiger partial charge < -0.3 is 15.0 Å². The van der Waals surface area contributed by atoms with E-state index in [2.05, 4.69) is 5.32 Å². The van der Waals surface area contributed by atoms with E-state index in [1.807, 2.05) is 25.8 Å². The van der Waals surface area contributed by atoms with E-state index in [0.29, 0.717) is 19.2 Å². The van der Waals surface area contributed by atoms with Crippen LogP contribution in [0.25, 0.3) is 0 Å². The standard InChI is InChI=1S/C11H22N2O2/c1-11(2,8-15-4)12-7-10(14)13(3)9-5-6-9/h9,12H,5-8H2,1-4H3. The van der Waals surface area contributed by atoms with Crippen LogP contribution >= 0.6 is 0 Å². The molecule has 0 radical (unpaired) electrons. The molecule has 0 saturated heterocycles. The molecule has 0 aliphatic heterocycles. The monoisotopic (exact) mass is 214 g/mol. The van der Waals surface area contributed by atoms with Crippen molar-refractivity contribution in [1.29, 1.82) is 0 Å². The van der Waals surface area contributed by atoms with E-state index < -0.39 is 0 Å². The molecular weight excluding hydrogens is 192 g/mol. The number of hydrogen-bond donors (Lipinski definition) is 1. The Bertz CT molecular complexity index is 225. The number of likely N-dealkylation sites (N-methyl/N-ethyl adjacent to an activating group) is 1. The summed E-state index contributed by atoms with van der Waals surface area (Å²) in [6.07, 6.45) is 2.31. The van der Waals surface area contributed by atoms with E-state index in [4.69, 9.17) is 4.74 Å². The Morgan fingerprint density at radius 1 is 1.53 bits per heavy atom. The Morgan fingerprint density at radius 3 is 2.60 bits per heavy atom. The first-order chi connectivity index (χ1) is 6.96. The van der Waals surface area contributed by atoms with Gasteiger partial charge in [-0.3, -0.25) is 4.79 Å². The second-order valence-corrected chi connectivity index (χ2v) is 4.91. The lowest BCUT2D eigenvalue weighted by molar-refractivity contribution is -0.129. The number of methoxy groups -OCH3 is 1. The van der Waals surface area contributed by atoms with Crippen LogP contribution in [-0.2, 0) is 9.53 Å². The van der Waals surface area contributed by atoms with Crippen molar-refractivity contribution in [2.45, 2.75) is 38.3 Å². The number of amides is 1. The average Bonchev–Trinajstić information content (AvgIpc) is 2.96. The summed E-state index contributed by atoms with van der Waals surface area (Å²) in [7, 11) is 3.55. The fourth-order valence-corrected chi connectivity index (χ4v) is 1.52. The average molecular weight is 214 g/mol. The van der Waals surface area contributed by atoms with Crippen LogP contribution in [0.1, 0.15) is 26.7 Å². The quantitative estimate of drug-likeness (QED) is 0.705. The van der Waals surface area contributed by atoms with E-state index in [0.717, 1.165) is 12.8 Å². The maximum Gasteiger partial charge on any atom is 0.236 e. The SMILES string of the molecule is COCC(C)(C)NCC(=O)N(C)C1CC1. The third kappa shape index (κ3) is 4.18. The van der Waals surface area contributed by atoms with Gasteiger partial charge in [0.15, 0.2) is 0 Å². The van der Waals surface area contributed by atoms with Crippen LogP contribution in [0.15, 0.2) is 0 Å². The minimum Gasteiger partial charge on any atom is -0.383 e. The number of carbonyl (C=O) groups excluding carboxylic acids is 1. The van der Waals surface area contributed by atoms with Crippen molar-refractivity contribution in [3.05, 3.63) is 0 Å². The zero-order valence-electron chi connectivity index (χ0n) is 10.2. The summed E-state index contributed by atoms with van der Waals surface area (Å²) < 4.78 is 5.07. The minimum absolute atomic E-state index is 0.144. The van der Waals surface area contributed by atoms with Gasteiger partial charge in [0, 0.05) is 25.7 Å². The van der Waals surface area contributed by atoms with Crippen LogP contribution in [0, 0.1) is 0 Å². The summed E-state index contributed by atoms with van der Waals surface area (Å²) in [6.45, 7) is 5.05. The molecule has 4 nitrogen and oxygen atoms in total. The molecule has 4 heteroatoms. The molecule has 0 atom stereocenters. The molecule has 0 aromatic rings. The van der Waals surface area contributed by atoms with Gasteiger partial charge in [0.25, 0.3) is 0 Å². The van der Waals surface area contributed by atoms with Crippen molar-refractivity contribution in [1.82, 2.24) is 10.2 Å². The summed E-state index contributed by atoms with van der Waals surface area (Å²) in [6, 6.07) is 0.491. The van der Waals surface area contributed by atoms with Gasteiger partial charge in [0.1, 0.15) is 0 Å². The zero-order valence-corrected chi connectivity index (χ0v) is 10.2. The molecule has 1 amide bonds. The minimum atomic E-state index is -0.144. The highest BCUT2D eigenvalue weighted by molar-refractivity contribution is 5.78. The van der Waals surface area contributed by atoms with Crippen LogP contribution in [0.2, 0.25) is 0 Å². The van der Waals surface area contributed by atoms with E-state index in [1.54, 1.807) is 7.11 Å². The molecule has 0 aromatic heterocycles. The van der Waals surface area contributed by atoms with Crippen molar-refractivity contribution >= 4 is 5.91 Å². The van der Waals surface area contributed by atoms with Gasteiger partial charge in [0.2, 0.25) is 5.91 Å². The summed E-state index contributed by atoms with van der Waals surface area (Å²) >= 11 is 0. The van der Waals surface area contributed by atoms with Crippen molar-refractivity contribution in [3.8, 4) is 0 Å². The molecule has 88 valence electrons. The van der Waals surface area contributed by atoms with Crippen LogP contribution < -0.4 is 5.32 Å². The normalized spacial score (nSPS) is 16.5. The first kappa shape index (κ1) is 12.5. The summed E-state index contributed by atoms with van der Waals surface area (Å²) in [5, 5.41) is 3.21. The second kappa shape index (κ2) is 4.94. The highest BCUT2D eigenvalue weighted by Gasteiger charge is 2.30. The van der Waals surface area contributed by atoms with E-state index in [1.165, 1.54) is 0 Å². The van der Waals surface area contributed by atoms with E-state index >= 15 is 0 Å². The number of rotatable bonds is 6. The molecule has 0 unspecified atom stereocenters. The Kier molecular flexibility index (Phi) is 4.11. The lowest BCUT2D eigenvalue weighted by Gasteiger charge is -2.26. The number of nitrogens with one attached hydrogen (secondary N) is 1. The van der Waals surface area contributed by atoms with Gasteiger partial charge in [-0.25, -0.2) is 0 Å². The molecular formula is C11H22N2O2. The maximum atomic E-state index is 11.7. The Morgan fingerprint density at radius 2 is 2.13 bits per heavy atom. The molecule has 1 fully saturated rings. The first-order valence-corrected chi connectivity index (χ1v) is 5.46. The van der Waals surface area contributed by atoms with Crippen LogP contribution in [0.4, 0.5) is 0 Å². The van der Waals surface area contributed by atoms with Gasteiger partial charge in [-0.2, -0.15) is 0 Å². The third-order valence-corrected chi connectivity index (χ3v) is 2.71. The van der Waals surface area contributed by atoms with Crippen LogP contribution in [0.3, 0.4) is 0 Å². The lowest BCUT2D eigenvalue weighted by atomic mass is 10.1. The highest BCUT2D eigenvalue weighted by Crippen LogP contribution is 2.25. The van der Waals surface area contributed by atoms with Crippen LogP contribution in [0.5, 0.6) is 0 Å². The molecule has 0 bridgehead atoms. The predicted molar refractivity (Wildman–Crippen MR) is 59.7 cm³/mol. The summed E-state index contributed by atoms with van der Waals surface area (Å²) in [4.78, 5) is 13.5. The highest BCUT2D eigenvalue weighted by atomic mass is 16.5. The molecule has 0 aromatic carbocycles. The van der Waals surface area contributed by atoms with Gasteiger partial charge in [-0.15, -0.1) is 0 Å². The Hall–Kier alpha value is -0.610. The van der Waals surface area contributed by atoms with Crippen molar-refractivity contribution in [3.63, 3.8) is 0 Å². The molecule has 0 heterocycles. The smallest absolute Gasteiger partial charge is 0.236 e. The lowest BCUT2D eigenvalue weighted by Crippen LogP contribution is -2.48. The molecule has 1 rings (SSSR count). The molecule has 0 spiro atoms. The predicted octanol–water partition coefficient (Wildman–Crippen LogP) is 0.622. The zero-order chi connectivity index (χ0) is 11.5. The number of hydrogen-bond acceptors (Lipinski definition) is 3. The van der Waals surface area contributed by atoms with E-state index in [9.17, 15) is 4.79 Å². The molecule has 15 heavy (non-hydrogen) atoms. The summed E-state index contributed by atoms with van der Waals surface area (Å²) in [5.41, 5.74) is -0.144. The Balaban J connectivity index is 2.26. The third-order valence-electron chi connectivity index (χ3n) is 2.71. The van der Waals surface area contributed by atoms with Gasteiger partial charge in [0.05, 0.1) is 13.2 Å². The maximum absolute atomic E-state index is 11.7. The second-order valence-electron chi connectivity index (χ2n) is 4.91. The largest absolute Gasteiger partial charge is 0.383 e. The molecule has 1 saturated carbocycles.